The topological polar surface area (TPSA) is 96.5 Å². The highest BCUT2D eigenvalue weighted by molar-refractivity contribution is 7.09. The largest absolute Gasteiger partial charge is 0.480 e. The molecule has 1 fully saturated rings. The Morgan fingerprint density at radius 3 is 2.95 bits per heavy atom. The van der Waals surface area contributed by atoms with Crippen LogP contribution in [0, 0.1) is 0 Å². The second-order valence-corrected chi connectivity index (χ2v) is 6.53. The molecule has 0 aromatic carbocycles. The molecule has 1 aliphatic rings. The first-order chi connectivity index (χ1) is 10.6. The van der Waals surface area contributed by atoms with Gasteiger partial charge in [0.1, 0.15) is 6.04 Å². The number of hydrogen-bond acceptors (Lipinski definition) is 5. The summed E-state index contributed by atoms with van der Waals surface area (Å²) in [7, 11) is 0. The Bertz CT molecular complexity index is 518. The van der Waals surface area contributed by atoms with E-state index >= 15 is 0 Å². The zero-order chi connectivity index (χ0) is 15.9. The van der Waals surface area contributed by atoms with Crippen LogP contribution < -0.4 is 5.73 Å². The quantitative estimate of drug-likeness (QED) is 0.705. The van der Waals surface area contributed by atoms with Crippen LogP contribution in [0.3, 0.4) is 0 Å². The summed E-state index contributed by atoms with van der Waals surface area (Å²) in [4.78, 5) is 29.3. The van der Waals surface area contributed by atoms with E-state index in [1.54, 1.807) is 11.3 Å². The maximum absolute atomic E-state index is 12.3. The van der Waals surface area contributed by atoms with Crippen LogP contribution in [0.25, 0.3) is 0 Å². The summed E-state index contributed by atoms with van der Waals surface area (Å²) in [5.41, 5.74) is 6.21. The number of nitrogens with zero attached hydrogens (tertiary/aromatic N) is 2. The summed E-state index contributed by atoms with van der Waals surface area (Å²) >= 11 is 1.57. The van der Waals surface area contributed by atoms with Gasteiger partial charge in [-0.2, -0.15) is 0 Å². The Morgan fingerprint density at radius 1 is 1.41 bits per heavy atom. The van der Waals surface area contributed by atoms with Crippen molar-refractivity contribution in [2.24, 2.45) is 5.73 Å². The molecule has 0 saturated carbocycles. The van der Waals surface area contributed by atoms with Crippen molar-refractivity contribution < 1.29 is 14.7 Å². The number of aromatic nitrogens is 1. The Balaban J connectivity index is 1.84. The van der Waals surface area contributed by atoms with Crippen molar-refractivity contribution in [2.45, 2.75) is 51.0 Å². The molecular weight excluding hydrogens is 302 g/mol. The number of aliphatic carboxylic acids is 1. The van der Waals surface area contributed by atoms with E-state index in [9.17, 15) is 9.59 Å². The molecule has 6 nitrogen and oxygen atoms in total. The van der Waals surface area contributed by atoms with Gasteiger partial charge in [0.25, 0.3) is 0 Å². The Labute approximate surface area is 134 Å². The highest BCUT2D eigenvalue weighted by Crippen LogP contribution is 2.20. The maximum Gasteiger partial charge on any atom is 0.326 e. The van der Waals surface area contributed by atoms with Crippen LogP contribution in [-0.4, -0.2) is 46.0 Å². The third-order valence-electron chi connectivity index (χ3n) is 3.88. The molecule has 2 heterocycles. The van der Waals surface area contributed by atoms with Crippen molar-refractivity contribution >= 4 is 23.2 Å². The van der Waals surface area contributed by atoms with E-state index in [2.05, 4.69) is 4.98 Å². The number of thiazole rings is 1. The van der Waals surface area contributed by atoms with Gasteiger partial charge in [-0.25, -0.2) is 9.78 Å². The maximum atomic E-state index is 12.3. The molecular formula is C15H23N3O3S. The molecule has 1 amide bonds. The number of likely N-dealkylation sites (tertiary alicyclic amines) is 1. The number of nitrogens with two attached hydrogens (primary N) is 1. The minimum Gasteiger partial charge on any atom is -0.480 e. The minimum atomic E-state index is -0.912. The van der Waals surface area contributed by atoms with E-state index in [1.165, 1.54) is 4.90 Å². The predicted octanol–water partition coefficient (Wildman–Crippen LogP) is 1.43. The van der Waals surface area contributed by atoms with Gasteiger partial charge in [-0.05, 0) is 38.6 Å². The predicted molar refractivity (Wildman–Crippen MR) is 84.8 cm³/mol. The number of carboxylic acid groups (broad SMARTS) is 1. The first-order valence-corrected chi connectivity index (χ1v) is 8.65. The molecule has 1 saturated heterocycles. The monoisotopic (exact) mass is 325 g/mol. The van der Waals surface area contributed by atoms with Crippen LogP contribution in [0.2, 0.25) is 0 Å². The molecule has 1 aromatic heterocycles. The van der Waals surface area contributed by atoms with Crippen molar-refractivity contribution in [1.82, 2.24) is 9.88 Å². The molecule has 7 heteroatoms. The van der Waals surface area contributed by atoms with Crippen molar-refractivity contribution in [3.05, 3.63) is 16.1 Å². The molecule has 1 aliphatic heterocycles. The molecule has 1 atom stereocenters. The van der Waals surface area contributed by atoms with Gasteiger partial charge in [-0.15, -0.1) is 11.3 Å². The lowest BCUT2D eigenvalue weighted by molar-refractivity contribution is -0.148. The molecule has 22 heavy (non-hydrogen) atoms. The number of carbonyl (C=O) groups is 2. The van der Waals surface area contributed by atoms with Gasteiger partial charge in [0.15, 0.2) is 0 Å². The van der Waals surface area contributed by atoms with Crippen LogP contribution in [0.4, 0.5) is 0 Å². The number of amides is 1. The fraction of sp³-hybridized carbons (Fsp3) is 0.667. The zero-order valence-corrected chi connectivity index (χ0v) is 13.5. The smallest absolute Gasteiger partial charge is 0.326 e. The van der Waals surface area contributed by atoms with Gasteiger partial charge < -0.3 is 15.7 Å². The van der Waals surface area contributed by atoms with E-state index in [1.807, 2.05) is 5.38 Å². The summed E-state index contributed by atoms with van der Waals surface area (Å²) in [6.45, 7) is 1.25. The van der Waals surface area contributed by atoms with E-state index in [-0.39, 0.29) is 12.3 Å². The SMILES string of the molecule is NCCCCCc1nc(CC(=O)N2CCCC2C(=O)O)cs1. The average molecular weight is 325 g/mol. The fourth-order valence-electron chi connectivity index (χ4n) is 2.72. The lowest BCUT2D eigenvalue weighted by atomic mass is 10.2. The third-order valence-corrected chi connectivity index (χ3v) is 4.84. The van der Waals surface area contributed by atoms with Crippen molar-refractivity contribution in [2.75, 3.05) is 13.1 Å². The van der Waals surface area contributed by atoms with Crippen molar-refractivity contribution in [3.63, 3.8) is 0 Å². The van der Waals surface area contributed by atoms with Gasteiger partial charge in [0, 0.05) is 11.9 Å². The molecule has 0 spiro atoms. The van der Waals surface area contributed by atoms with Crippen LogP contribution in [-0.2, 0) is 22.4 Å². The second-order valence-electron chi connectivity index (χ2n) is 5.59. The van der Waals surface area contributed by atoms with Crippen molar-refractivity contribution in [3.8, 4) is 0 Å². The van der Waals surface area contributed by atoms with Crippen LogP contribution in [0.15, 0.2) is 5.38 Å². The number of hydrogen-bond donors (Lipinski definition) is 2. The highest BCUT2D eigenvalue weighted by Gasteiger charge is 2.33. The van der Waals surface area contributed by atoms with E-state index in [0.29, 0.717) is 13.0 Å². The molecule has 3 N–H and O–H groups in total. The number of unbranched alkanes of at least 4 members (excludes halogenated alkanes) is 2. The minimum absolute atomic E-state index is 0.134. The Hall–Kier alpha value is -1.47. The fourth-order valence-corrected chi connectivity index (χ4v) is 3.56. The Kier molecular flexibility index (Phi) is 6.33. The van der Waals surface area contributed by atoms with Gasteiger partial charge in [0.2, 0.25) is 5.91 Å². The standard InChI is InChI=1S/C15H23N3O3S/c16-7-3-1-2-6-13-17-11(10-22-13)9-14(19)18-8-4-5-12(18)15(20)21/h10,12H,1-9,16H2,(H,20,21). The third kappa shape index (κ3) is 4.51. The number of rotatable bonds is 8. The summed E-state index contributed by atoms with van der Waals surface area (Å²) in [6.07, 6.45) is 5.60. The van der Waals surface area contributed by atoms with Gasteiger partial charge >= 0.3 is 5.97 Å². The zero-order valence-electron chi connectivity index (χ0n) is 12.7. The molecule has 122 valence electrons. The molecule has 0 bridgehead atoms. The molecule has 1 unspecified atom stereocenters. The van der Waals surface area contributed by atoms with E-state index in [4.69, 9.17) is 10.8 Å². The number of aryl methyl sites for hydroxylation is 1. The van der Waals surface area contributed by atoms with Gasteiger partial charge in [0.05, 0.1) is 17.1 Å². The van der Waals surface area contributed by atoms with E-state index in [0.717, 1.165) is 49.4 Å². The van der Waals surface area contributed by atoms with E-state index < -0.39 is 12.0 Å². The van der Waals surface area contributed by atoms with Gasteiger partial charge in [-0.1, -0.05) is 6.42 Å². The molecule has 1 aromatic rings. The number of carbonyl (C=O) groups excluding carboxylic acids is 1. The van der Waals surface area contributed by atoms with Crippen LogP contribution in [0.1, 0.15) is 42.8 Å². The molecule has 2 rings (SSSR count). The summed E-state index contributed by atoms with van der Waals surface area (Å²) in [5, 5.41) is 12.1. The summed E-state index contributed by atoms with van der Waals surface area (Å²) < 4.78 is 0. The normalized spacial score (nSPS) is 17.9. The summed E-state index contributed by atoms with van der Waals surface area (Å²) in [5.74, 6) is -1.05. The van der Waals surface area contributed by atoms with Crippen LogP contribution >= 0.6 is 11.3 Å². The summed E-state index contributed by atoms with van der Waals surface area (Å²) in [6, 6.07) is -0.665. The first-order valence-electron chi connectivity index (χ1n) is 7.77. The lowest BCUT2D eigenvalue weighted by Gasteiger charge is -2.20. The lowest BCUT2D eigenvalue weighted by Crippen LogP contribution is -2.41. The first kappa shape index (κ1) is 16.9. The molecule has 0 aliphatic carbocycles. The van der Waals surface area contributed by atoms with Crippen molar-refractivity contribution in [1.29, 1.82) is 0 Å². The van der Waals surface area contributed by atoms with Crippen LogP contribution in [0.5, 0.6) is 0 Å². The van der Waals surface area contributed by atoms with Gasteiger partial charge in [-0.3, -0.25) is 4.79 Å². The second kappa shape index (κ2) is 8.24. The number of carboxylic acids is 1. The Morgan fingerprint density at radius 2 is 2.23 bits per heavy atom. The molecule has 0 radical (unpaired) electrons. The highest BCUT2D eigenvalue weighted by atomic mass is 32.1. The average Bonchev–Trinajstić information content (AvgIpc) is 3.12.